The highest BCUT2D eigenvalue weighted by Crippen LogP contribution is 2.33. The average Bonchev–Trinajstić information content (AvgIpc) is 3.10. The molecule has 2 atom stereocenters. The minimum Gasteiger partial charge on any atom is -0.492 e. The third-order valence-corrected chi connectivity index (χ3v) is 8.75. The van der Waals surface area contributed by atoms with Gasteiger partial charge in [0, 0.05) is 13.5 Å². The number of benzene rings is 3. The van der Waals surface area contributed by atoms with E-state index in [4.69, 9.17) is 9.47 Å². The predicted molar refractivity (Wildman–Crippen MR) is 178 cm³/mol. The number of hydrogen-bond acceptors (Lipinski definition) is 6. The Balaban J connectivity index is 1.25. The van der Waals surface area contributed by atoms with Gasteiger partial charge in [0.2, 0.25) is 17.7 Å². The van der Waals surface area contributed by atoms with Crippen LogP contribution in [-0.2, 0) is 20.8 Å². The van der Waals surface area contributed by atoms with Crippen LogP contribution in [0.15, 0.2) is 78.9 Å². The summed E-state index contributed by atoms with van der Waals surface area (Å²) >= 11 is 0. The molecule has 0 aromatic heterocycles. The molecule has 47 heavy (non-hydrogen) atoms. The summed E-state index contributed by atoms with van der Waals surface area (Å²) in [6.07, 6.45) is 6.20. The van der Waals surface area contributed by atoms with Gasteiger partial charge in [-0.15, -0.1) is 0 Å². The van der Waals surface area contributed by atoms with Crippen LogP contribution < -0.4 is 25.4 Å². The van der Waals surface area contributed by atoms with Gasteiger partial charge in [-0.2, -0.15) is 0 Å². The summed E-state index contributed by atoms with van der Waals surface area (Å²) in [5.41, 5.74) is 2.43. The Hall–Kier alpha value is -4.86. The van der Waals surface area contributed by atoms with E-state index in [2.05, 4.69) is 28.1 Å². The van der Waals surface area contributed by atoms with E-state index < -0.39 is 29.8 Å². The van der Waals surface area contributed by atoms with Crippen molar-refractivity contribution in [2.45, 2.75) is 62.9 Å². The first-order valence-corrected chi connectivity index (χ1v) is 16.5. The van der Waals surface area contributed by atoms with Gasteiger partial charge in [0.05, 0.1) is 25.1 Å². The van der Waals surface area contributed by atoms with E-state index >= 15 is 0 Å². The minimum absolute atomic E-state index is 0.131. The maximum Gasteiger partial charge on any atom is 0.255 e. The maximum absolute atomic E-state index is 13.5. The van der Waals surface area contributed by atoms with Crippen molar-refractivity contribution in [1.29, 1.82) is 0 Å². The second kappa shape index (κ2) is 16.6. The Labute approximate surface area is 276 Å². The number of nitrogens with zero attached hydrogens (tertiary/aromatic N) is 1. The first-order chi connectivity index (χ1) is 22.9. The van der Waals surface area contributed by atoms with E-state index in [1.165, 1.54) is 42.6 Å². The third kappa shape index (κ3) is 9.57. The van der Waals surface area contributed by atoms with Crippen molar-refractivity contribution in [2.24, 2.45) is 0 Å². The van der Waals surface area contributed by atoms with Crippen LogP contribution >= 0.6 is 0 Å². The van der Waals surface area contributed by atoms with Crippen molar-refractivity contribution >= 4 is 23.6 Å². The topological polar surface area (TPSA) is 126 Å². The molecular formula is C37H44N4O6. The van der Waals surface area contributed by atoms with Crippen LogP contribution in [0.5, 0.6) is 11.5 Å². The summed E-state index contributed by atoms with van der Waals surface area (Å²) in [6.45, 7) is 0.744. The number of ether oxygens (including phenoxy) is 2. The van der Waals surface area contributed by atoms with E-state index in [0.29, 0.717) is 17.4 Å². The zero-order chi connectivity index (χ0) is 33.0. The van der Waals surface area contributed by atoms with Gasteiger partial charge in [0.25, 0.3) is 5.91 Å². The molecule has 1 fully saturated rings. The number of carbonyl (C=O) groups excluding carboxylic acids is 4. The molecule has 0 bridgehead atoms. The fourth-order valence-electron chi connectivity index (χ4n) is 6.12. The van der Waals surface area contributed by atoms with Crippen molar-refractivity contribution in [2.75, 3.05) is 33.4 Å². The minimum atomic E-state index is -1.21. The van der Waals surface area contributed by atoms with Gasteiger partial charge < -0.3 is 30.3 Å². The molecular weight excluding hydrogens is 596 g/mol. The van der Waals surface area contributed by atoms with Crippen LogP contribution in [0.25, 0.3) is 0 Å². The Kier molecular flexibility index (Phi) is 11.9. The Morgan fingerprint density at radius 2 is 1.64 bits per heavy atom. The summed E-state index contributed by atoms with van der Waals surface area (Å²) in [7, 11) is 1.64. The highest BCUT2D eigenvalue weighted by molar-refractivity contribution is 6.01. The fraction of sp³-hybridized carbons (Fsp3) is 0.405. The molecule has 3 N–H and O–H groups in total. The molecule has 248 valence electrons. The lowest BCUT2D eigenvalue weighted by molar-refractivity contribution is -0.136. The van der Waals surface area contributed by atoms with E-state index in [1.54, 1.807) is 31.3 Å². The Morgan fingerprint density at radius 1 is 0.915 bits per heavy atom. The van der Waals surface area contributed by atoms with E-state index in [1.807, 2.05) is 42.5 Å². The molecule has 3 aromatic carbocycles. The Morgan fingerprint density at radius 3 is 2.40 bits per heavy atom. The molecule has 1 heterocycles. The first kappa shape index (κ1) is 33.5. The van der Waals surface area contributed by atoms with Crippen LogP contribution in [0.3, 0.4) is 0 Å². The first-order valence-electron chi connectivity index (χ1n) is 16.5. The summed E-state index contributed by atoms with van der Waals surface area (Å²) in [4.78, 5) is 55.1. The summed E-state index contributed by atoms with van der Waals surface area (Å²) in [5.74, 6) is -0.288. The number of hydrogen-bond donors (Lipinski definition) is 3. The predicted octanol–water partition coefficient (Wildman–Crippen LogP) is 4.00. The molecule has 1 saturated carbocycles. The van der Waals surface area contributed by atoms with Gasteiger partial charge >= 0.3 is 0 Å². The van der Waals surface area contributed by atoms with Crippen molar-refractivity contribution in [1.82, 2.24) is 20.9 Å². The zero-order valence-corrected chi connectivity index (χ0v) is 26.9. The number of carbonyl (C=O) groups is 4. The molecule has 0 saturated heterocycles. The second-order valence-electron chi connectivity index (χ2n) is 12.2. The van der Waals surface area contributed by atoms with E-state index in [0.717, 1.165) is 5.56 Å². The van der Waals surface area contributed by atoms with E-state index in [-0.39, 0.29) is 50.6 Å². The lowest BCUT2D eigenvalue weighted by Crippen LogP contribution is -2.53. The number of fused-ring (bicyclic) bond motifs is 1. The van der Waals surface area contributed by atoms with Gasteiger partial charge in [0.1, 0.15) is 36.8 Å². The molecule has 0 radical (unpaired) electrons. The second-order valence-corrected chi connectivity index (χ2v) is 12.2. The molecule has 10 nitrogen and oxygen atoms in total. The number of para-hydroxylation sites is 1. The molecule has 2 aliphatic rings. The summed E-state index contributed by atoms with van der Waals surface area (Å²) in [5, 5.41) is 8.31. The highest BCUT2D eigenvalue weighted by atomic mass is 16.5. The molecule has 4 amide bonds. The molecule has 3 aromatic rings. The van der Waals surface area contributed by atoms with Crippen LogP contribution in [0, 0.1) is 0 Å². The normalized spacial score (nSPS) is 19.8. The quantitative estimate of drug-likeness (QED) is 0.320. The smallest absolute Gasteiger partial charge is 0.255 e. The monoisotopic (exact) mass is 640 g/mol. The number of rotatable bonds is 8. The van der Waals surface area contributed by atoms with Crippen molar-refractivity contribution in [3.05, 3.63) is 95.6 Å². The average molecular weight is 641 g/mol. The summed E-state index contributed by atoms with van der Waals surface area (Å²) < 4.78 is 11.8. The molecule has 0 spiro atoms. The number of amides is 4. The van der Waals surface area contributed by atoms with Gasteiger partial charge in [-0.1, -0.05) is 73.9 Å². The molecule has 1 aliphatic heterocycles. The third-order valence-electron chi connectivity index (χ3n) is 8.75. The SMILES string of the molecule is CN1CCOc2ccccc2C(=O)N[C@H](C(=O)NCCOc2ccc(C3CCCCC3)cc2)CC(=O)N[C@H](Cc2ccccc2)C1=O. The standard InChI is InChI=1S/C37H44N4O6/c1-41-21-23-47-33-15-9-8-14-30(33)35(43)40-31(25-34(42)39-32(37(41)45)24-26-10-4-2-5-11-26)36(44)38-20-22-46-29-18-16-28(17-19-29)27-12-6-3-7-13-27/h2,4-5,8-11,14-19,27,31-32H,3,6-7,12-13,20-25H2,1H3,(H,38,44)(H,39,42)(H,40,43)/t31-,32+/m0/s1. The lowest BCUT2D eigenvalue weighted by Gasteiger charge is -2.26. The number of likely N-dealkylation sites (N-methyl/N-ethyl adjacent to an activating group) is 1. The molecule has 1 aliphatic carbocycles. The van der Waals surface area contributed by atoms with Crippen LogP contribution in [0.4, 0.5) is 0 Å². The lowest BCUT2D eigenvalue weighted by atomic mass is 9.84. The zero-order valence-electron chi connectivity index (χ0n) is 26.9. The molecule has 0 unspecified atom stereocenters. The van der Waals surface area contributed by atoms with Gasteiger partial charge in [-0.25, -0.2) is 0 Å². The molecule has 5 rings (SSSR count). The van der Waals surface area contributed by atoms with Gasteiger partial charge in [0.15, 0.2) is 0 Å². The molecule has 10 heteroatoms. The van der Waals surface area contributed by atoms with Crippen molar-refractivity contribution < 1.29 is 28.7 Å². The maximum atomic E-state index is 13.5. The van der Waals surface area contributed by atoms with Gasteiger partial charge in [-0.3, -0.25) is 19.2 Å². The van der Waals surface area contributed by atoms with Crippen LogP contribution in [0.2, 0.25) is 0 Å². The van der Waals surface area contributed by atoms with E-state index in [9.17, 15) is 19.2 Å². The van der Waals surface area contributed by atoms with Crippen LogP contribution in [-0.4, -0.2) is 74.0 Å². The highest BCUT2D eigenvalue weighted by Gasteiger charge is 2.30. The fourth-order valence-corrected chi connectivity index (χ4v) is 6.12. The van der Waals surface area contributed by atoms with Gasteiger partial charge in [-0.05, 0) is 54.2 Å². The van der Waals surface area contributed by atoms with Crippen LogP contribution in [0.1, 0.15) is 65.9 Å². The Bertz CT molecular complexity index is 1510. The van der Waals surface area contributed by atoms with Crippen molar-refractivity contribution in [3.8, 4) is 11.5 Å². The number of nitrogens with one attached hydrogen (secondary N) is 3. The van der Waals surface area contributed by atoms with Crippen molar-refractivity contribution in [3.63, 3.8) is 0 Å². The largest absolute Gasteiger partial charge is 0.492 e. The summed E-state index contributed by atoms with van der Waals surface area (Å²) in [6, 6.07) is 22.1.